The lowest BCUT2D eigenvalue weighted by Crippen LogP contribution is -2.31. The molecule has 6 aliphatic rings. The minimum absolute atomic E-state index is 0.0179. The van der Waals surface area contributed by atoms with Crippen molar-refractivity contribution in [1.29, 1.82) is 0 Å². The maximum absolute atomic E-state index is 11.3. The van der Waals surface area contributed by atoms with Gasteiger partial charge < -0.3 is 33.5 Å². The molecule has 0 aromatic rings. The van der Waals surface area contributed by atoms with Crippen LogP contribution in [0.15, 0.2) is 0 Å². The molecule has 1 N–H and O–H groups in total. The van der Waals surface area contributed by atoms with E-state index >= 15 is 0 Å². The van der Waals surface area contributed by atoms with E-state index in [2.05, 4.69) is 0 Å². The molecule has 2 unspecified atom stereocenters. The maximum Gasteiger partial charge on any atom is 0.335 e. The molecular weight excluding hydrogens is 420 g/mol. The Bertz CT molecular complexity index is 693. The number of hydrogen-bond donors (Lipinski definition) is 1. The minimum Gasteiger partial charge on any atom is -0.458 e. The van der Waals surface area contributed by atoms with Crippen LogP contribution in [0.4, 0.5) is 0 Å². The first-order chi connectivity index (χ1) is 14.0. The highest BCUT2D eigenvalue weighted by atomic mass is 35.5. The molecule has 4 aliphatic heterocycles. The zero-order chi connectivity index (χ0) is 21.6. The number of halogens is 1. The lowest BCUT2D eigenvalue weighted by Gasteiger charge is -2.21. The molecule has 2 aliphatic carbocycles. The van der Waals surface area contributed by atoms with E-state index in [1.807, 2.05) is 27.7 Å². The van der Waals surface area contributed by atoms with Crippen LogP contribution in [0.2, 0.25) is 0 Å². The van der Waals surface area contributed by atoms with Gasteiger partial charge in [-0.1, -0.05) is 0 Å². The third-order valence-electron chi connectivity index (χ3n) is 6.70. The number of alkyl halides is 1. The third-order valence-corrected chi connectivity index (χ3v) is 7.20. The van der Waals surface area contributed by atoms with Crippen molar-refractivity contribution in [3.8, 4) is 0 Å². The van der Waals surface area contributed by atoms with Crippen molar-refractivity contribution in [3.05, 3.63) is 0 Å². The van der Waals surface area contributed by atoms with Gasteiger partial charge in [-0.05, 0) is 40.5 Å². The van der Waals surface area contributed by atoms with E-state index in [0.29, 0.717) is 6.42 Å². The predicted molar refractivity (Wildman–Crippen MR) is 99.3 cm³/mol. The highest BCUT2D eigenvalue weighted by molar-refractivity contribution is 6.30. The van der Waals surface area contributed by atoms with E-state index in [4.69, 9.17) is 40.0 Å². The van der Waals surface area contributed by atoms with Crippen LogP contribution in [0.3, 0.4) is 0 Å². The number of carbonyl (C=O) groups excluding carboxylic acids is 2. The van der Waals surface area contributed by atoms with E-state index in [0.717, 1.165) is 6.42 Å². The molecule has 4 saturated heterocycles. The van der Waals surface area contributed by atoms with E-state index < -0.39 is 29.0 Å². The molecule has 2 saturated carbocycles. The Balaban J connectivity index is 0.000000128. The number of rotatable bonds is 0. The van der Waals surface area contributed by atoms with Crippen LogP contribution in [-0.2, 0) is 38.0 Å². The molecule has 10 heteroatoms. The number of hydrogen-bond acceptors (Lipinski definition) is 9. The van der Waals surface area contributed by atoms with Crippen molar-refractivity contribution >= 4 is 23.5 Å². The smallest absolute Gasteiger partial charge is 0.335 e. The van der Waals surface area contributed by atoms with Gasteiger partial charge in [0, 0.05) is 11.8 Å². The first-order valence-corrected chi connectivity index (χ1v) is 10.8. The Hall–Kier alpha value is -0.970. The largest absolute Gasteiger partial charge is 0.458 e. The fraction of sp³-hybridized carbons (Fsp3) is 0.900. The molecule has 0 aromatic heterocycles. The van der Waals surface area contributed by atoms with E-state index in [1.165, 1.54) is 0 Å². The number of aliphatic hydroxyl groups excluding tert-OH is 1. The fourth-order valence-corrected chi connectivity index (χ4v) is 5.89. The van der Waals surface area contributed by atoms with Gasteiger partial charge in [-0.15, -0.1) is 11.6 Å². The summed E-state index contributed by atoms with van der Waals surface area (Å²) in [7, 11) is 0. The molecule has 0 spiro atoms. The van der Waals surface area contributed by atoms with Crippen molar-refractivity contribution in [3.63, 3.8) is 0 Å². The average molecular weight is 447 g/mol. The minimum atomic E-state index is -1.00. The van der Waals surface area contributed by atoms with Crippen molar-refractivity contribution in [2.45, 2.75) is 100 Å². The van der Waals surface area contributed by atoms with Crippen molar-refractivity contribution in [2.75, 3.05) is 0 Å². The lowest BCUT2D eigenvalue weighted by atomic mass is 10.0. The summed E-state index contributed by atoms with van der Waals surface area (Å²) in [6, 6.07) is 0. The number of aliphatic hydroxyl groups is 1. The number of esters is 2. The Morgan fingerprint density at radius 1 is 0.767 bits per heavy atom. The van der Waals surface area contributed by atoms with Gasteiger partial charge in [-0.2, -0.15) is 0 Å². The molecule has 4 heterocycles. The molecule has 0 bridgehead atoms. The zero-order valence-corrected chi connectivity index (χ0v) is 18.0. The van der Waals surface area contributed by atoms with Crippen molar-refractivity contribution in [1.82, 2.24) is 0 Å². The van der Waals surface area contributed by atoms with E-state index in [-0.39, 0.29) is 54.4 Å². The molecule has 30 heavy (non-hydrogen) atoms. The van der Waals surface area contributed by atoms with Crippen LogP contribution < -0.4 is 0 Å². The molecule has 6 fully saturated rings. The summed E-state index contributed by atoms with van der Waals surface area (Å²) in [5, 5.41) is 9.04. The Morgan fingerprint density at radius 2 is 1.23 bits per heavy atom. The molecule has 168 valence electrons. The van der Waals surface area contributed by atoms with Crippen LogP contribution in [0.1, 0.15) is 40.5 Å². The Labute approximate surface area is 179 Å². The molecule has 0 aromatic carbocycles. The van der Waals surface area contributed by atoms with Gasteiger partial charge in [0.05, 0.1) is 12.2 Å². The van der Waals surface area contributed by atoms with E-state index in [1.54, 1.807) is 0 Å². The van der Waals surface area contributed by atoms with Crippen LogP contribution in [0.25, 0.3) is 0 Å². The van der Waals surface area contributed by atoms with Gasteiger partial charge in [0.15, 0.2) is 17.7 Å². The summed E-state index contributed by atoms with van der Waals surface area (Å²) < 4.78 is 33.1. The summed E-state index contributed by atoms with van der Waals surface area (Å²) in [6.07, 6.45) is -0.572. The highest BCUT2D eigenvalue weighted by Crippen LogP contribution is 2.48. The second-order valence-corrected chi connectivity index (χ2v) is 10.2. The van der Waals surface area contributed by atoms with Gasteiger partial charge in [0.2, 0.25) is 0 Å². The topological polar surface area (TPSA) is 110 Å². The molecular formula is C20H27ClO9. The van der Waals surface area contributed by atoms with Crippen LogP contribution in [-0.4, -0.2) is 76.7 Å². The third kappa shape index (κ3) is 3.25. The molecule has 9 nitrogen and oxygen atoms in total. The van der Waals surface area contributed by atoms with Gasteiger partial charge in [-0.3, -0.25) is 4.79 Å². The number of ether oxygens (including phenoxy) is 6. The molecule has 0 radical (unpaired) electrons. The van der Waals surface area contributed by atoms with Crippen molar-refractivity contribution < 1.29 is 43.1 Å². The van der Waals surface area contributed by atoms with Gasteiger partial charge in [0.1, 0.15) is 29.8 Å². The summed E-state index contributed by atoms with van der Waals surface area (Å²) in [6.45, 7) is 7.42. The summed E-state index contributed by atoms with van der Waals surface area (Å²) >= 11 is 5.96. The first-order valence-electron chi connectivity index (χ1n) is 10.4. The number of fused-ring (bicyclic) bond motifs is 6. The standard InChI is InChI=1S/C10H13ClO4.C10H14O5/c2*1-10(2)14-5-3-4-6(11)9(12)13-7(4)8(5)15-10/h4-8H,3H2,1-2H3;4-8,11H,3H2,1-2H3/t4-,5+,6-,7+,8?;4-,5+,6+,7+,8?/m11/s1. The molecule has 6 rings (SSSR count). The molecule has 10 atom stereocenters. The van der Waals surface area contributed by atoms with Gasteiger partial charge >= 0.3 is 11.9 Å². The predicted octanol–water partition coefficient (Wildman–Crippen LogP) is 0.872. The van der Waals surface area contributed by atoms with Crippen LogP contribution >= 0.6 is 11.6 Å². The summed E-state index contributed by atoms with van der Waals surface area (Å²) in [4.78, 5) is 22.5. The van der Waals surface area contributed by atoms with E-state index in [9.17, 15) is 14.7 Å². The van der Waals surface area contributed by atoms with Crippen LogP contribution in [0, 0.1) is 11.8 Å². The van der Waals surface area contributed by atoms with Gasteiger partial charge in [0.25, 0.3) is 0 Å². The second-order valence-electron chi connectivity index (χ2n) is 9.73. The fourth-order valence-electron chi connectivity index (χ4n) is 5.60. The highest BCUT2D eigenvalue weighted by Gasteiger charge is 2.62. The van der Waals surface area contributed by atoms with Crippen LogP contribution in [0.5, 0.6) is 0 Å². The average Bonchev–Trinajstić information content (AvgIpc) is 3.40. The monoisotopic (exact) mass is 446 g/mol. The summed E-state index contributed by atoms with van der Waals surface area (Å²) in [5.74, 6) is -2.15. The Kier molecular flexibility index (Phi) is 4.71. The maximum atomic E-state index is 11.3. The second kappa shape index (κ2) is 6.76. The van der Waals surface area contributed by atoms with Crippen molar-refractivity contribution in [2.24, 2.45) is 11.8 Å². The normalized spacial score (nSPS) is 51.4. The summed E-state index contributed by atoms with van der Waals surface area (Å²) in [5.41, 5.74) is 0. The first kappa shape index (κ1) is 20.9. The number of carbonyl (C=O) groups is 2. The molecule has 0 amide bonds. The Morgan fingerprint density at radius 3 is 1.80 bits per heavy atom. The zero-order valence-electron chi connectivity index (χ0n) is 17.3. The lowest BCUT2D eigenvalue weighted by molar-refractivity contribution is -0.169. The SMILES string of the molecule is CC1(C)OC2[C@H](C[C@@H]3[C@H](O)C(=O)O[C@H]23)O1.CC1(C)OC2[C@H](C[C@H]3[C@@H]2OC(=O)[C@@H]3Cl)O1. The van der Waals surface area contributed by atoms with Gasteiger partial charge in [-0.25, -0.2) is 4.79 Å². The quantitative estimate of drug-likeness (QED) is 0.428.